The summed E-state index contributed by atoms with van der Waals surface area (Å²) in [6, 6.07) is -1.47. The molecule has 376 valence electrons. The molecule has 0 aromatic carbocycles. The fourth-order valence-electron chi connectivity index (χ4n) is 8.20. The maximum absolute atomic E-state index is 12.7. The van der Waals surface area contributed by atoms with Gasteiger partial charge in [-0.05, 0) is 12.8 Å². The third-order valence-corrected chi connectivity index (χ3v) is 13.3. The van der Waals surface area contributed by atoms with E-state index in [1.807, 2.05) is 0 Å². The lowest BCUT2D eigenvalue weighted by atomic mass is 10.0. The van der Waals surface area contributed by atoms with Crippen LogP contribution in [-0.4, -0.2) is 60.5 Å². The monoisotopic (exact) mass is 918 g/mol. The van der Waals surface area contributed by atoms with Crippen molar-refractivity contribution < 1.29 is 42.7 Å². The molecule has 0 bridgehead atoms. The van der Waals surface area contributed by atoms with Crippen molar-refractivity contribution in [3.8, 4) is 0 Å². The molecule has 0 heterocycles. The van der Waals surface area contributed by atoms with Crippen LogP contribution in [0.15, 0.2) is 0 Å². The van der Waals surface area contributed by atoms with Gasteiger partial charge in [0.25, 0.3) is 0 Å². The van der Waals surface area contributed by atoms with E-state index in [4.69, 9.17) is 29.4 Å². The number of phosphoric ester groups is 1. The van der Waals surface area contributed by atoms with E-state index in [0.717, 1.165) is 38.5 Å². The number of rotatable bonds is 53. The first-order chi connectivity index (χ1) is 30.7. The lowest BCUT2D eigenvalue weighted by Crippen LogP contribution is -2.34. The van der Waals surface area contributed by atoms with Gasteiger partial charge < -0.3 is 25.2 Å². The van der Waals surface area contributed by atoms with Crippen molar-refractivity contribution in [2.24, 2.45) is 5.73 Å². The second-order valence-corrected chi connectivity index (χ2v) is 20.2. The van der Waals surface area contributed by atoms with Crippen LogP contribution in [0, 0.1) is 0 Å². The Morgan fingerprint density at radius 1 is 0.444 bits per heavy atom. The molecule has 0 saturated heterocycles. The number of carboxylic acids is 1. The van der Waals surface area contributed by atoms with E-state index in [0.29, 0.717) is 6.61 Å². The summed E-state index contributed by atoms with van der Waals surface area (Å²) in [4.78, 5) is 33.7. The molecule has 11 heteroatoms. The number of carbonyl (C=O) groups is 2. The second-order valence-electron chi connectivity index (χ2n) is 18.7. The summed E-state index contributed by atoms with van der Waals surface area (Å²) in [5, 5.41) is 8.93. The zero-order chi connectivity index (χ0) is 46.2. The van der Waals surface area contributed by atoms with E-state index in [-0.39, 0.29) is 13.0 Å². The molecule has 0 aliphatic heterocycles. The number of hydrogen-bond donors (Lipinski definition) is 3. The highest BCUT2D eigenvalue weighted by atomic mass is 31.2. The van der Waals surface area contributed by atoms with Crippen molar-refractivity contribution in [2.45, 2.75) is 296 Å². The molecule has 0 fully saturated rings. The van der Waals surface area contributed by atoms with Gasteiger partial charge in [0.15, 0.2) is 0 Å². The van der Waals surface area contributed by atoms with Gasteiger partial charge >= 0.3 is 19.8 Å². The quantitative estimate of drug-likeness (QED) is 0.0305. The van der Waals surface area contributed by atoms with Crippen LogP contribution < -0.4 is 5.73 Å². The largest absolute Gasteiger partial charge is 0.480 e. The minimum absolute atomic E-state index is 0.0262. The van der Waals surface area contributed by atoms with Crippen molar-refractivity contribution >= 4 is 19.8 Å². The van der Waals surface area contributed by atoms with Crippen molar-refractivity contribution in [3.63, 3.8) is 0 Å². The Morgan fingerprint density at radius 2 is 0.730 bits per heavy atom. The SMILES string of the molecule is CCCCCCCCCCCCCCCCCCCCCCCCCCCCCC(=O)O[C@H](COCCCCCCCCCCCCCCCC)COP(=O)(O)OC[C@H](N)C(=O)O. The first-order valence-corrected chi connectivity index (χ1v) is 28.6. The second kappa shape index (κ2) is 48.9. The maximum atomic E-state index is 12.7. The molecule has 63 heavy (non-hydrogen) atoms. The molecule has 0 amide bonds. The number of nitrogens with two attached hydrogens (primary N) is 1. The number of carbonyl (C=O) groups excluding carboxylic acids is 1. The van der Waals surface area contributed by atoms with Gasteiger partial charge in [0, 0.05) is 13.0 Å². The van der Waals surface area contributed by atoms with Crippen LogP contribution in [0.5, 0.6) is 0 Å². The molecule has 0 aliphatic carbocycles. The van der Waals surface area contributed by atoms with E-state index < -0.39 is 45.1 Å². The first kappa shape index (κ1) is 62.0. The molecule has 0 aliphatic rings. The number of ether oxygens (including phenoxy) is 2. The van der Waals surface area contributed by atoms with Gasteiger partial charge in [-0.15, -0.1) is 0 Å². The van der Waals surface area contributed by atoms with Crippen molar-refractivity contribution in [2.75, 3.05) is 26.4 Å². The zero-order valence-electron chi connectivity index (χ0n) is 41.5. The highest BCUT2D eigenvalue weighted by Crippen LogP contribution is 2.43. The fourth-order valence-corrected chi connectivity index (χ4v) is 8.97. The Morgan fingerprint density at radius 3 is 1.05 bits per heavy atom. The normalized spacial score (nSPS) is 13.6. The maximum Gasteiger partial charge on any atom is 0.472 e. The Hall–Kier alpha value is -1.03. The third-order valence-electron chi connectivity index (χ3n) is 12.4. The van der Waals surface area contributed by atoms with E-state index in [9.17, 15) is 19.0 Å². The van der Waals surface area contributed by atoms with E-state index >= 15 is 0 Å². The average molecular weight is 918 g/mol. The van der Waals surface area contributed by atoms with Gasteiger partial charge in [-0.3, -0.25) is 18.6 Å². The minimum Gasteiger partial charge on any atom is -0.480 e. The van der Waals surface area contributed by atoms with Crippen LogP contribution >= 0.6 is 7.82 Å². The van der Waals surface area contributed by atoms with E-state index in [2.05, 4.69) is 13.8 Å². The van der Waals surface area contributed by atoms with Crippen molar-refractivity contribution in [1.82, 2.24) is 0 Å². The molecule has 0 rings (SSSR count). The van der Waals surface area contributed by atoms with Crippen LogP contribution in [0.3, 0.4) is 0 Å². The van der Waals surface area contributed by atoms with Crippen LogP contribution in [0.25, 0.3) is 0 Å². The summed E-state index contributed by atoms with van der Waals surface area (Å²) in [5.41, 5.74) is 5.38. The van der Waals surface area contributed by atoms with Crippen LogP contribution in [0.2, 0.25) is 0 Å². The third kappa shape index (κ3) is 48.7. The molecule has 10 nitrogen and oxygen atoms in total. The number of unbranched alkanes of at least 4 members (excludes halogenated alkanes) is 39. The summed E-state index contributed by atoms with van der Waals surface area (Å²) in [6.45, 7) is 3.96. The summed E-state index contributed by atoms with van der Waals surface area (Å²) < 4.78 is 33.5. The summed E-state index contributed by atoms with van der Waals surface area (Å²) in [5.74, 6) is -1.76. The first-order valence-electron chi connectivity index (χ1n) is 27.1. The number of hydrogen-bond acceptors (Lipinski definition) is 8. The molecule has 1 unspecified atom stereocenters. The Labute approximate surface area is 389 Å². The molecule has 3 atom stereocenters. The van der Waals surface area contributed by atoms with Crippen molar-refractivity contribution in [1.29, 1.82) is 0 Å². The number of phosphoric acid groups is 1. The molecule has 0 saturated carbocycles. The summed E-state index contributed by atoms with van der Waals surface area (Å²) >= 11 is 0. The summed E-state index contributed by atoms with van der Waals surface area (Å²) in [6.07, 6.45) is 53.2. The number of esters is 1. The topological polar surface area (TPSA) is 155 Å². The Bertz CT molecular complexity index is 1020. The molecule has 0 aromatic rings. The van der Waals surface area contributed by atoms with Gasteiger partial charge in [-0.25, -0.2) is 4.57 Å². The zero-order valence-corrected chi connectivity index (χ0v) is 42.4. The molecule has 0 spiro atoms. The average Bonchev–Trinajstić information content (AvgIpc) is 3.26. The fraction of sp³-hybridized carbons (Fsp3) is 0.962. The van der Waals surface area contributed by atoms with E-state index in [1.165, 1.54) is 225 Å². The van der Waals surface area contributed by atoms with Crippen molar-refractivity contribution in [3.05, 3.63) is 0 Å². The summed E-state index contributed by atoms with van der Waals surface area (Å²) in [7, 11) is -4.61. The number of aliphatic carboxylic acids is 1. The predicted molar refractivity (Wildman–Crippen MR) is 263 cm³/mol. The highest BCUT2D eigenvalue weighted by molar-refractivity contribution is 7.47. The number of carboxylic acid groups (broad SMARTS) is 1. The van der Waals surface area contributed by atoms with Crippen LogP contribution in [0.4, 0.5) is 0 Å². The molecular formula is C52H104NO9P. The highest BCUT2D eigenvalue weighted by Gasteiger charge is 2.27. The molecule has 0 aromatic heterocycles. The minimum atomic E-state index is -4.61. The Kier molecular flexibility index (Phi) is 48.1. The van der Waals surface area contributed by atoms with E-state index in [1.54, 1.807) is 0 Å². The standard InChI is InChI=1S/C52H104NO9P/c1-3-5-7-9-11-13-15-17-19-20-21-22-23-24-25-26-27-28-29-30-31-32-34-36-38-40-42-44-51(54)62-49(47-60-63(57,58)61-48-50(53)52(55)56)46-59-45-43-41-39-37-35-33-18-16-14-12-10-8-6-4-2/h49-50H,3-48,53H2,1-2H3,(H,55,56)(H,57,58)/t49-,50+/m1/s1. The van der Waals surface area contributed by atoms with Gasteiger partial charge in [-0.2, -0.15) is 0 Å². The van der Waals surface area contributed by atoms with Gasteiger partial charge in [-0.1, -0.05) is 264 Å². The molecular weight excluding hydrogens is 814 g/mol. The van der Waals surface area contributed by atoms with Gasteiger partial charge in [0.1, 0.15) is 12.1 Å². The Balaban J connectivity index is 3.96. The van der Waals surface area contributed by atoms with Gasteiger partial charge in [0.05, 0.1) is 19.8 Å². The molecule has 0 radical (unpaired) electrons. The lowest BCUT2D eigenvalue weighted by molar-refractivity contribution is -0.154. The lowest BCUT2D eigenvalue weighted by Gasteiger charge is -2.20. The van der Waals surface area contributed by atoms with Gasteiger partial charge in [0.2, 0.25) is 0 Å². The smallest absolute Gasteiger partial charge is 0.472 e. The molecule has 4 N–H and O–H groups in total. The van der Waals surface area contributed by atoms with Crippen LogP contribution in [-0.2, 0) is 32.7 Å². The predicted octanol–water partition coefficient (Wildman–Crippen LogP) is 15.9. The van der Waals surface area contributed by atoms with Crippen LogP contribution in [0.1, 0.15) is 284 Å².